The lowest BCUT2D eigenvalue weighted by Gasteiger charge is -2.29. The van der Waals surface area contributed by atoms with Crippen LogP contribution in [-0.2, 0) is 14.3 Å². The summed E-state index contributed by atoms with van der Waals surface area (Å²) in [7, 11) is 1.56. The molecule has 8 heteroatoms. The number of benzene rings is 2. The first-order chi connectivity index (χ1) is 16.5. The third kappa shape index (κ3) is 5.88. The van der Waals surface area contributed by atoms with E-state index < -0.39 is 11.9 Å². The van der Waals surface area contributed by atoms with E-state index in [1.54, 1.807) is 38.3 Å². The number of nitriles is 1. The Bertz CT molecular complexity index is 1180. The fourth-order valence-corrected chi connectivity index (χ4v) is 4.42. The average molecular weight is 476 g/mol. The number of hydrogen-bond donors (Lipinski definition) is 2. The molecule has 0 bridgehead atoms. The Morgan fingerprint density at radius 2 is 2.00 bits per heavy atom. The monoisotopic (exact) mass is 475 g/mol. The Balaban J connectivity index is 1.85. The summed E-state index contributed by atoms with van der Waals surface area (Å²) in [6.07, 6.45) is 1.49. The van der Waals surface area contributed by atoms with E-state index in [9.17, 15) is 14.9 Å². The summed E-state index contributed by atoms with van der Waals surface area (Å²) in [6, 6.07) is 18.6. The number of methoxy groups -OCH3 is 1. The van der Waals surface area contributed by atoms with Gasteiger partial charge in [0.15, 0.2) is 0 Å². The highest BCUT2D eigenvalue weighted by atomic mass is 32.2. The number of allylic oxidation sites excluding steroid dienone is 2. The van der Waals surface area contributed by atoms with Crippen molar-refractivity contribution in [2.24, 2.45) is 0 Å². The van der Waals surface area contributed by atoms with E-state index in [2.05, 4.69) is 23.3 Å². The molecule has 34 heavy (non-hydrogen) atoms. The Kier molecular flexibility index (Phi) is 8.54. The first-order valence-corrected chi connectivity index (χ1v) is 11.5. The first kappa shape index (κ1) is 24.7. The van der Waals surface area contributed by atoms with Crippen molar-refractivity contribution in [3.63, 3.8) is 0 Å². The molecule has 0 saturated carbocycles. The van der Waals surface area contributed by atoms with Crippen molar-refractivity contribution in [1.29, 1.82) is 5.26 Å². The minimum Gasteiger partial charge on any atom is -0.497 e. The molecule has 2 aromatic carbocycles. The van der Waals surface area contributed by atoms with Gasteiger partial charge in [0, 0.05) is 17.5 Å². The van der Waals surface area contributed by atoms with E-state index >= 15 is 0 Å². The molecule has 2 N–H and O–H groups in total. The van der Waals surface area contributed by atoms with Crippen LogP contribution in [0.1, 0.15) is 18.4 Å². The number of ether oxygens (including phenoxy) is 2. The Morgan fingerprint density at radius 3 is 2.68 bits per heavy atom. The first-order valence-electron chi connectivity index (χ1n) is 10.5. The zero-order valence-corrected chi connectivity index (χ0v) is 19.8. The molecule has 7 nitrogen and oxygen atoms in total. The maximum Gasteiger partial charge on any atom is 0.337 e. The van der Waals surface area contributed by atoms with E-state index in [1.807, 2.05) is 30.3 Å². The van der Waals surface area contributed by atoms with Crippen LogP contribution in [0.15, 0.2) is 89.1 Å². The van der Waals surface area contributed by atoms with E-state index in [4.69, 9.17) is 9.47 Å². The van der Waals surface area contributed by atoms with Gasteiger partial charge in [-0.2, -0.15) is 5.26 Å². The second kappa shape index (κ2) is 11.8. The van der Waals surface area contributed by atoms with Gasteiger partial charge in [-0.05, 0) is 24.6 Å². The number of hydrogen-bond acceptors (Lipinski definition) is 7. The summed E-state index contributed by atoms with van der Waals surface area (Å²) in [5.41, 5.74) is 2.67. The van der Waals surface area contributed by atoms with Crippen molar-refractivity contribution < 1.29 is 19.1 Å². The maximum atomic E-state index is 12.9. The SMILES string of the molecule is C=CCOC(=O)C1=C(C)NC(SCC(=O)Nc2cccc(OC)c2)=C(C#N)[C@@H]1c1ccccc1. The van der Waals surface area contributed by atoms with Gasteiger partial charge >= 0.3 is 5.97 Å². The smallest absolute Gasteiger partial charge is 0.337 e. The zero-order chi connectivity index (χ0) is 24.5. The highest BCUT2D eigenvalue weighted by molar-refractivity contribution is 8.03. The lowest BCUT2D eigenvalue weighted by molar-refractivity contribution is -0.138. The van der Waals surface area contributed by atoms with Gasteiger partial charge in [-0.3, -0.25) is 4.79 Å². The molecule has 174 valence electrons. The molecule has 3 rings (SSSR count). The fourth-order valence-electron chi connectivity index (χ4n) is 3.52. The van der Waals surface area contributed by atoms with Crippen molar-refractivity contribution in [1.82, 2.24) is 5.32 Å². The fraction of sp³-hybridized carbons (Fsp3) is 0.192. The molecular weight excluding hydrogens is 450 g/mol. The zero-order valence-electron chi connectivity index (χ0n) is 19.0. The molecule has 0 spiro atoms. The second-order valence-electron chi connectivity index (χ2n) is 7.32. The standard InChI is InChI=1S/C26H25N3O4S/c1-4-13-33-26(31)23-17(2)28-25(21(15-27)24(23)18-9-6-5-7-10-18)34-16-22(30)29-19-11-8-12-20(14-19)32-3/h4-12,14,24,28H,1,13,16H2,2-3H3,(H,29,30)/t24-/m0/s1. The van der Waals surface area contributed by atoms with Crippen LogP contribution in [0.5, 0.6) is 5.75 Å². The summed E-state index contributed by atoms with van der Waals surface area (Å²) in [4.78, 5) is 25.4. The molecule has 0 fully saturated rings. The number of carbonyl (C=O) groups is 2. The molecule has 1 atom stereocenters. The molecule has 0 aromatic heterocycles. The Labute approximate surface area is 203 Å². The Morgan fingerprint density at radius 1 is 1.24 bits per heavy atom. The largest absolute Gasteiger partial charge is 0.497 e. The summed E-state index contributed by atoms with van der Waals surface area (Å²) in [5, 5.41) is 16.5. The van der Waals surface area contributed by atoms with Crippen LogP contribution in [0.4, 0.5) is 5.69 Å². The number of thioether (sulfide) groups is 1. The number of dihydropyridines is 1. The van der Waals surface area contributed by atoms with Crippen molar-refractivity contribution in [2.75, 3.05) is 24.8 Å². The van der Waals surface area contributed by atoms with Gasteiger partial charge in [-0.15, -0.1) is 0 Å². The van der Waals surface area contributed by atoms with Gasteiger partial charge in [0.1, 0.15) is 12.4 Å². The van der Waals surface area contributed by atoms with Gasteiger partial charge in [-0.1, -0.05) is 60.8 Å². The number of esters is 1. The third-order valence-electron chi connectivity index (χ3n) is 5.03. The number of anilines is 1. The maximum absolute atomic E-state index is 12.9. The molecule has 2 aromatic rings. The quantitative estimate of drug-likeness (QED) is 0.407. The highest BCUT2D eigenvalue weighted by Gasteiger charge is 2.35. The van der Waals surface area contributed by atoms with E-state index in [-0.39, 0.29) is 18.3 Å². The van der Waals surface area contributed by atoms with Crippen LogP contribution >= 0.6 is 11.8 Å². The molecule has 0 radical (unpaired) electrons. The van der Waals surface area contributed by atoms with E-state index in [1.165, 1.54) is 17.8 Å². The lowest BCUT2D eigenvalue weighted by Crippen LogP contribution is -2.29. The average Bonchev–Trinajstić information content (AvgIpc) is 2.86. The van der Waals surface area contributed by atoms with Crippen LogP contribution in [0.25, 0.3) is 0 Å². The number of nitrogens with zero attached hydrogens (tertiary/aromatic N) is 1. The van der Waals surface area contributed by atoms with Crippen LogP contribution in [0, 0.1) is 11.3 Å². The molecule has 1 aliphatic heterocycles. The van der Waals surface area contributed by atoms with Crippen LogP contribution in [0.2, 0.25) is 0 Å². The third-order valence-corrected chi connectivity index (χ3v) is 6.05. The van der Waals surface area contributed by atoms with E-state index in [0.29, 0.717) is 33.3 Å². The van der Waals surface area contributed by atoms with Crippen LogP contribution in [-0.4, -0.2) is 31.3 Å². The van der Waals surface area contributed by atoms with Crippen molar-refractivity contribution in [2.45, 2.75) is 12.8 Å². The predicted molar refractivity (Wildman–Crippen MR) is 133 cm³/mol. The number of rotatable bonds is 9. The van der Waals surface area contributed by atoms with Crippen LogP contribution < -0.4 is 15.4 Å². The minimum atomic E-state index is -0.617. The molecule has 1 amide bonds. The van der Waals surface area contributed by atoms with E-state index in [0.717, 1.165) is 5.56 Å². The highest BCUT2D eigenvalue weighted by Crippen LogP contribution is 2.40. The Hall–Kier alpha value is -3.96. The molecule has 1 heterocycles. The summed E-state index contributed by atoms with van der Waals surface area (Å²) in [6.45, 7) is 5.40. The van der Waals surface area contributed by atoms with Crippen molar-refractivity contribution >= 4 is 29.3 Å². The summed E-state index contributed by atoms with van der Waals surface area (Å²) < 4.78 is 10.5. The van der Waals surface area contributed by atoms with Crippen molar-refractivity contribution in [3.05, 3.63) is 94.7 Å². The molecular formula is C26H25N3O4S. The molecule has 0 saturated heterocycles. The normalized spacial score (nSPS) is 15.1. The topological polar surface area (TPSA) is 100 Å². The van der Waals surface area contributed by atoms with Gasteiger partial charge in [0.05, 0.1) is 41.0 Å². The van der Waals surface area contributed by atoms with Gasteiger partial charge in [0.2, 0.25) is 5.91 Å². The number of amides is 1. The van der Waals surface area contributed by atoms with Crippen LogP contribution in [0.3, 0.4) is 0 Å². The lowest BCUT2D eigenvalue weighted by atomic mass is 9.82. The van der Waals surface area contributed by atoms with Gasteiger partial charge in [0.25, 0.3) is 0 Å². The molecule has 0 aliphatic carbocycles. The minimum absolute atomic E-state index is 0.0643. The predicted octanol–water partition coefficient (Wildman–Crippen LogP) is 4.49. The van der Waals surface area contributed by atoms with Crippen molar-refractivity contribution in [3.8, 4) is 11.8 Å². The molecule has 1 aliphatic rings. The summed E-state index contributed by atoms with van der Waals surface area (Å²) >= 11 is 1.20. The number of nitrogens with one attached hydrogen (secondary N) is 2. The van der Waals surface area contributed by atoms with Gasteiger partial charge in [-0.25, -0.2) is 4.79 Å². The second-order valence-corrected chi connectivity index (χ2v) is 8.30. The van der Waals surface area contributed by atoms with Gasteiger partial charge < -0.3 is 20.1 Å². The molecule has 0 unspecified atom stereocenters. The summed E-state index contributed by atoms with van der Waals surface area (Å²) in [5.74, 6) is -0.675. The number of carbonyl (C=O) groups excluding carboxylic acids is 2.